The minimum atomic E-state index is -0.127. The molecule has 1 amide bonds. The van der Waals surface area contributed by atoms with Gasteiger partial charge in [0.1, 0.15) is 5.52 Å². The van der Waals surface area contributed by atoms with Crippen molar-refractivity contribution < 1.29 is 4.79 Å². The van der Waals surface area contributed by atoms with Crippen molar-refractivity contribution in [3.63, 3.8) is 0 Å². The number of carbonyl (C=O) groups excluding carboxylic acids is 1. The molecule has 0 aliphatic heterocycles. The van der Waals surface area contributed by atoms with E-state index in [1.165, 1.54) is 0 Å². The summed E-state index contributed by atoms with van der Waals surface area (Å²) in [6, 6.07) is 16.7. The van der Waals surface area contributed by atoms with Gasteiger partial charge in [-0.05, 0) is 36.4 Å². The zero-order chi connectivity index (χ0) is 17.1. The molecule has 0 radical (unpaired) electrons. The van der Waals surface area contributed by atoms with Gasteiger partial charge in [-0.2, -0.15) is 0 Å². The molecular weight excluding hydrogens is 332 g/mol. The number of pyridine rings is 1. The van der Waals surface area contributed by atoms with E-state index in [1.54, 1.807) is 41.4 Å². The van der Waals surface area contributed by atoms with Crippen molar-refractivity contribution in [1.82, 2.24) is 9.97 Å². The van der Waals surface area contributed by atoms with E-state index < -0.39 is 0 Å². The number of rotatable bonds is 4. The Morgan fingerprint density at radius 2 is 1.68 bits per heavy atom. The maximum Gasteiger partial charge on any atom is 0.255 e. The number of hydrogen-bond acceptors (Lipinski definition) is 5. The molecule has 2 aromatic heterocycles. The Bertz CT molecular complexity index is 1010. The van der Waals surface area contributed by atoms with E-state index in [0.29, 0.717) is 5.56 Å². The molecule has 6 heteroatoms. The number of anilines is 3. The molecule has 0 spiro atoms. The largest absolute Gasteiger partial charge is 0.352 e. The summed E-state index contributed by atoms with van der Waals surface area (Å²) in [6.45, 7) is 0. The van der Waals surface area contributed by atoms with Crippen LogP contribution >= 0.6 is 11.3 Å². The number of benzene rings is 2. The zero-order valence-electron chi connectivity index (χ0n) is 13.1. The predicted octanol–water partition coefficient (Wildman–Crippen LogP) is 4.69. The highest BCUT2D eigenvalue weighted by Gasteiger charge is 2.07. The summed E-state index contributed by atoms with van der Waals surface area (Å²) in [5, 5.41) is 6.20. The fourth-order valence-corrected chi connectivity index (χ4v) is 3.13. The van der Waals surface area contributed by atoms with E-state index >= 15 is 0 Å². The summed E-state index contributed by atoms with van der Waals surface area (Å²) < 4.78 is 1.04. The van der Waals surface area contributed by atoms with Crippen LogP contribution in [0.25, 0.3) is 10.2 Å². The van der Waals surface area contributed by atoms with Crippen LogP contribution in [0.5, 0.6) is 0 Å². The second-order valence-electron chi connectivity index (χ2n) is 5.41. The Hall–Kier alpha value is -3.25. The van der Waals surface area contributed by atoms with Gasteiger partial charge in [0.2, 0.25) is 0 Å². The summed E-state index contributed by atoms with van der Waals surface area (Å²) in [7, 11) is 0. The average Bonchev–Trinajstić information content (AvgIpc) is 3.14. The predicted molar refractivity (Wildman–Crippen MR) is 102 cm³/mol. The van der Waals surface area contributed by atoms with Gasteiger partial charge >= 0.3 is 0 Å². The molecule has 0 saturated carbocycles. The Morgan fingerprint density at radius 3 is 2.48 bits per heavy atom. The topological polar surface area (TPSA) is 66.9 Å². The molecule has 0 unspecified atom stereocenters. The lowest BCUT2D eigenvalue weighted by atomic mass is 10.2. The molecule has 5 nitrogen and oxygen atoms in total. The molecule has 2 aromatic carbocycles. The summed E-state index contributed by atoms with van der Waals surface area (Å²) in [5.41, 5.74) is 5.84. The van der Waals surface area contributed by atoms with Gasteiger partial charge < -0.3 is 10.6 Å². The number of hydrogen-bond donors (Lipinski definition) is 2. The number of fused-ring (bicyclic) bond motifs is 1. The number of nitrogens with zero attached hydrogens (tertiary/aromatic N) is 2. The molecule has 4 rings (SSSR count). The normalized spacial score (nSPS) is 10.6. The third-order valence-electron chi connectivity index (χ3n) is 3.70. The van der Waals surface area contributed by atoms with Crippen LogP contribution in [0.2, 0.25) is 0 Å². The molecule has 0 bridgehead atoms. The molecule has 2 N–H and O–H groups in total. The van der Waals surface area contributed by atoms with Gasteiger partial charge in [0.25, 0.3) is 5.91 Å². The van der Waals surface area contributed by atoms with Crippen molar-refractivity contribution in [2.45, 2.75) is 0 Å². The summed E-state index contributed by atoms with van der Waals surface area (Å²) in [6.07, 6.45) is 3.56. The Morgan fingerprint density at radius 1 is 0.920 bits per heavy atom. The molecule has 0 atom stereocenters. The van der Waals surface area contributed by atoms with Crippen LogP contribution in [0.15, 0.2) is 72.5 Å². The lowest BCUT2D eigenvalue weighted by Gasteiger charge is -2.09. The summed E-state index contributed by atoms with van der Waals surface area (Å²) >= 11 is 1.56. The quantitative estimate of drug-likeness (QED) is 0.563. The maximum atomic E-state index is 12.2. The van der Waals surface area contributed by atoms with Crippen LogP contribution < -0.4 is 10.6 Å². The first-order chi connectivity index (χ1) is 12.3. The first-order valence-corrected chi connectivity index (χ1v) is 8.58. The van der Waals surface area contributed by atoms with Crippen LogP contribution in [0.4, 0.5) is 17.1 Å². The Kier molecular flexibility index (Phi) is 4.10. The van der Waals surface area contributed by atoms with Gasteiger partial charge in [-0.25, -0.2) is 4.98 Å². The van der Waals surface area contributed by atoms with E-state index in [-0.39, 0.29) is 5.91 Å². The minimum absolute atomic E-state index is 0.127. The van der Waals surface area contributed by atoms with Crippen molar-refractivity contribution in [3.05, 3.63) is 78.1 Å². The lowest BCUT2D eigenvalue weighted by Crippen LogP contribution is -2.11. The molecule has 4 aromatic rings. The fourth-order valence-electron chi connectivity index (χ4n) is 2.47. The van der Waals surface area contributed by atoms with Crippen LogP contribution in [0.3, 0.4) is 0 Å². The number of amides is 1. The molecule has 0 fully saturated rings. The number of carbonyl (C=O) groups is 1. The number of nitrogens with one attached hydrogen (secondary N) is 2. The van der Waals surface area contributed by atoms with Crippen molar-refractivity contribution in [1.29, 1.82) is 0 Å². The Labute approximate surface area is 148 Å². The first-order valence-electron chi connectivity index (χ1n) is 7.70. The van der Waals surface area contributed by atoms with Gasteiger partial charge in [-0.1, -0.05) is 18.2 Å². The summed E-state index contributed by atoms with van der Waals surface area (Å²) in [4.78, 5) is 20.8. The van der Waals surface area contributed by atoms with Crippen LogP contribution in [-0.2, 0) is 0 Å². The molecule has 0 aliphatic rings. The van der Waals surface area contributed by atoms with Crippen LogP contribution in [0.1, 0.15) is 10.4 Å². The smallest absolute Gasteiger partial charge is 0.255 e. The molecule has 122 valence electrons. The molecule has 2 heterocycles. The monoisotopic (exact) mass is 346 g/mol. The van der Waals surface area contributed by atoms with Gasteiger partial charge in [-0.15, -0.1) is 11.3 Å². The average molecular weight is 346 g/mol. The van der Waals surface area contributed by atoms with E-state index in [2.05, 4.69) is 20.6 Å². The highest BCUT2D eigenvalue weighted by Crippen LogP contribution is 2.27. The van der Waals surface area contributed by atoms with Crippen molar-refractivity contribution in [3.8, 4) is 0 Å². The van der Waals surface area contributed by atoms with Crippen molar-refractivity contribution in [2.75, 3.05) is 10.6 Å². The van der Waals surface area contributed by atoms with Gasteiger partial charge in [0, 0.05) is 23.1 Å². The van der Waals surface area contributed by atoms with E-state index in [4.69, 9.17) is 0 Å². The minimum Gasteiger partial charge on any atom is -0.352 e. The van der Waals surface area contributed by atoms with Crippen LogP contribution in [0, 0.1) is 0 Å². The second-order valence-corrected chi connectivity index (χ2v) is 6.30. The first kappa shape index (κ1) is 15.3. The number of thiazole rings is 1. The van der Waals surface area contributed by atoms with Crippen molar-refractivity contribution >= 4 is 44.5 Å². The van der Waals surface area contributed by atoms with E-state index in [9.17, 15) is 4.79 Å². The highest BCUT2D eigenvalue weighted by atomic mass is 32.1. The lowest BCUT2D eigenvalue weighted by molar-refractivity contribution is 0.102. The van der Waals surface area contributed by atoms with E-state index in [0.717, 1.165) is 27.3 Å². The standard InChI is InChI=1S/C19H14N4OS/c24-19(13-4-2-1-3-5-13)23-15-8-6-14(7-9-15)22-16-10-20-11-17-18(16)21-12-25-17/h1-12,22H,(H,23,24). The van der Waals surface area contributed by atoms with Gasteiger partial charge in [0.15, 0.2) is 0 Å². The zero-order valence-corrected chi connectivity index (χ0v) is 14.0. The van der Waals surface area contributed by atoms with Gasteiger partial charge in [-0.3, -0.25) is 9.78 Å². The van der Waals surface area contributed by atoms with Gasteiger partial charge in [0.05, 0.1) is 22.1 Å². The third kappa shape index (κ3) is 3.34. The van der Waals surface area contributed by atoms with E-state index in [1.807, 2.05) is 42.5 Å². The third-order valence-corrected chi connectivity index (χ3v) is 4.47. The number of aromatic nitrogens is 2. The SMILES string of the molecule is O=C(Nc1ccc(Nc2cncc3scnc23)cc1)c1ccccc1. The van der Waals surface area contributed by atoms with Crippen LogP contribution in [-0.4, -0.2) is 15.9 Å². The fraction of sp³-hybridized carbons (Fsp3) is 0. The molecular formula is C19H14N4OS. The summed E-state index contributed by atoms with van der Waals surface area (Å²) in [5.74, 6) is -0.127. The van der Waals surface area contributed by atoms with Crippen molar-refractivity contribution in [2.24, 2.45) is 0 Å². The maximum absolute atomic E-state index is 12.2. The molecule has 25 heavy (non-hydrogen) atoms. The highest BCUT2D eigenvalue weighted by molar-refractivity contribution is 7.16. The Balaban J connectivity index is 1.49. The second kappa shape index (κ2) is 6.70. The molecule has 0 aliphatic carbocycles. The molecule has 0 saturated heterocycles.